The zero-order valence-corrected chi connectivity index (χ0v) is 12.5. The molecule has 0 saturated heterocycles. The first-order valence-corrected chi connectivity index (χ1v) is 7.18. The van der Waals surface area contributed by atoms with E-state index in [1.54, 1.807) is 7.11 Å². The Balaban J connectivity index is 2.24. The summed E-state index contributed by atoms with van der Waals surface area (Å²) in [5, 5.41) is 10.0. The number of carboxylic acids is 1. The molecule has 0 amide bonds. The fourth-order valence-corrected chi connectivity index (χ4v) is 3.01. The van der Waals surface area contributed by atoms with Crippen molar-refractivity contribution < 1.29 is 14.6 Å². The summed E-state index contributed by atoms with van der Waals surface area (Å²) in [5.74, 6) is 0.0242. The number of carbonyl (C=O) groups is 1. The molecule has 0 saturated carbocycles. The van der Waals surface area contributed by atoms with Crippen molar-refractivity contribution in [1.82, 2.24) is 4.98 Å². The van der Waals surface area contributed by atoms with Gasteiger partial charge in [0.2, 0.25) is 0 Å². The van der Waals surface area contributed by atoms with Crippen molar-refractivity contribution in [3.8, 4) is 5.75 Å². The summed E-state index contributed by atoms with van der Waals surface area (Å²) < 4.78 is 5.11. The zero-order valence-electron chi connectivity index (χ0n) is 11.7. The maximum Gasteiger partial charge on any atom is 0.347 e. The van der Waals surface area contributed by atoms with E-state index in [9.17, 15) is 9.90 Å². The Kier molecular flexibility index (Phi) is 4.39. The fourth-order valence-electron chi connectivity index (χ4n) is 1.92. The molecule has 5 heteroatoms. The lowest BCUT2D eigenvalue weighted by atomic mass is 10.1. The number of hydrogen-bond donors (Lipinski definition) is 1. The smallest absolute Gasteiger partial charge is 0.347 e. The first-order chi connectivity index (χ1) is 9.51. The molecule has 0 unspecified atom stereocenters. The molecule has 0 aliphatic heterocycles. The van der Waals surface area contributed by atoms with E-state index >= 15 is 0 Å². The van der Waals surface area contributed by atoms with Gasteiger partial charge in [0.25, 0.3) is 0 Å². The summed E-state index contributed by atoms with van der Waals surface area (Å²) in [7, 11) is 1.63. The van der Waals surface area contributed by atoms with Gasteiger partial charge < -0.3 is 9.84 Å². The summed E-state index contributed by atoms with van der Waals surface area (Å²) in [6.45, 7) is 3.91. The number of aromatic carboxylic acids is 1. The molecule has 0 fully saturated rings. The summed E-state index contributed by atoms with van der Waals surface area (Å²) in [6, 6.07) is 7.72. The number of thiazole rings is 1. The first kappa shape index (κ1) is 14.5. The molecule has 1 aromatic carbocycles. The van der Waals surface area contributed by atoms with Crippen LogP contribution >= 0.6 is 11.3 Å². The number of methoxy groups -OCH3 is 1. The maximum absolute atomic E-state index is 11.2. The molecule has 1 N–H and O–H groups in total. The summed E-state index contributed by atoms with van der Waals surface area (Å²) in [6.07, 6.45) is 0.641. The normalized spacial score (nSPS) is 10.8. The van der Waals surface area contributed by atoms with Crippen molar-refractivity contribution in [3.63, 3.8) is 0 Å². The number of benzene rings is 1. The molecular formula is C15H17NO3S. The van der Waals surface area contributed by atoms with Gasteiger partial charge in [-0.25, -0.2) is 9.78 Å². The molecule has 2 rings (SSSR count). The number of nitrogens with zero attached hydrogens (tertiary/aromatic N) is 1. The van der Waals surface area contributed by atoms with Gasteiger partial charge in [0.1, 0.15) is 10.6 Å². The van der Waals surface area contributed by atoms with E-state index in [0.717, 1.165) is 16.3 Å². The molecule has 1 heterocycles. The van der Waals surface area contributed by atoms with E-state index < -0.39 is 5.97 Å². The highest BCUT2D eigenvalue weighted by Gasteiger charge is 2.19. The van der Waals surface area contributed by atoms with Crippen LogP contribution in [0, 0.1) is 0 Å². The first-order valence-electron chi connectivity index (χ1n) is 6.37. The fraction of sp³-hybridized carbons (Fsp3) is 0.333. The van der Waals surface area contributed by atoms with Gasteiger partial charge in [-0.15, -0.1) is 11.3 Å². The largest absolute Gasteiger partial charge is 0.497 e. The van der Waals surface area contributed by atoms with Crippen LogP contribution in [0.2, 0.25) is 0 Å². The lowest BCUT2D eigenvalue weighted by Crippen LogP contribution is -2.00. The summed E-state index contributed by atoms with van der Waals surface area (Å²) >= 11 is 1.26. The van der Waals surface area contributed by atoms with Crippen molar-refractivity contribution in [2.75, 3.05) is 7.11 Å². The lowest BCUT2D eigenvalue weighted by Gasteiger charge is -2.02. The van der Waals surface area contributed by atoms with E-state index in [1.807, 2.05) is 38.1 Å². The van der Waals surface area contributed by atoms with Gasteiger partial charge >= 0.3 is 5.97 Å². The number of rotatable bonds is 5. The molecule has 0 aliphatic carbocycles. The third-order valence-corrected chi connectivity index (χ3v) is 4.01. The summed E-state index contributed by atoms with van der Waals surface area (Å²) in [5.41, 5.74) is 1.76. The van der Waals surface area contributed by atoms with Crippen LogP contribution in [0.15, 0.2) is 24.3 Å². The maximum atomic E-state index is 11.2. The second kappa shape index (κ2) is 6.05. The molecule has 4 nitrogen and oxygen atoms in total. The Labute approximate surface area is 122 Å². The van der Waals surface area contributed by atoms with Crippen LogP contribution in [0.25, 0.3) is 0 Å². The molecule has 20 heavy (non-hydrogen) atoms. The number of carboxylic acid groups (broad SMARTS) is 1. The minimum absolute atomic E-state index is 0.113. The van der Waals surface area contributed by atoms with Crippen LogP contribution in [0.5, 0.6) is 5.75 Å². The van der Waals surface area contributed by atoms with Crippen molar-refractivity contribution >= 4 is 17.3 Å². The quantitative estimate of drug-likeness (QED) is 0.915. The SMILES string of the molecule is COc1ccc(Cc2nc(C(C)C)c(C(=O)O)s2)cc1. The molecule has 106 valence electrons. The highest BCUT2D eigenvalue weighted by molar-refractivity contribution is 7.13. The van der Waals surface area contributed by atoms with Crippen molar-refractivity contribution in [3.05, 3.63) is 45.4 Å². The van der Waals surface area contributed by atoms with E-state index in [-0.39, 0.29) is 5.92 Å². The monoisotopic (exact) mass is 291 g/mol. The van der Waals surface area contributed by atoms with Gasteiger partial charge in [0.15, 0.2) is 0 Å². The van der Waals surface area contributed by atoms with Gasteiger partial charge in [-0.1, -0.05) is 26.0 Å². The Hall–Kier alpha value is -1.88. The van der Waals surface area contributed by atoms with E-state index in [2.05, 4.69) is 4.98 Å². The molecule has 0 radical (unpaired) electrons. The van der Waals surface area contributed by atoms with E-state index in [0.29, 0.717) is 17.0 Å². The molecule has 2 aromatic rings. The minimum Gasteiger partial charge on any atom is -0.497 e. The Bertz CT molecular complexity index is 602. The standard InChI is InChI=1S/C15H17NO3S/c1-9(2)13-14(15(17)18)20-12(16-13)8-10-4-6-11(19-3)7-5-10/h4-7,9H,8H2,1-3H3,(H,17,18). The Morgan fingerprint density at radius 1 is 1.35 bits per heavy atom. The molecule has 0 spiro atoms. The molecule has 1 aromatic heterocycles. The van der Waals surface area contributed by atoms with Crippen LogP contribution in [-0.2, 0) is 6.42 Å². The van der Waals surface area contributed by atoms with Crippen molar-refractivity contribution in [1.29, 1.82) is 0 Å². The predicted molar refractivity (Wildman–Crippen MR) is 79.0 cm³/mol. The third-order valence-electron chi connectivity index (χ3n) is 2.95. The number of ether oxygens (including phenoxy) is 1. The van der Waals surface area contributed by atoms with Gasteiger partial charge in [-0.2, -0.15) is 0 Å². The molecule has 0 aliphatic rings. The number of aromatic nitrogens is 1. The van der Waals surface area contributed by atoms with Crippen molar-refractivity contribution in [2.24, 2.45) is 0 Å². The van der Waals surface area contributed by atoms with Gasteiger partial charge in [-0.3, -0.25) is 0 Å². The van der Waals surface area contributed by atoms with Crippen LogP contribution in [0.4, 0.5) is 0 Å². The Morgan fingerprint density at radius 2 is 2.00 bits per heavy atom. The predicted octanol–water partition coefficient (Wildman–Crippen LogP) is 3.56. The lowest BCUT2D eigenvalue weighted by molar-refractivity contribution is 0.0700. The molecule has 0 bridgehead atoms. The van der Waals surface area contributed by atoms with Gasteiger partial charge in [0, 0.05) is 6.42 Å². The average Bonchev–Trinajstić information content (AvgIpc) is 2.84. The van der Waals surface area contributed by atoms with Crippen molar-refractivity contribution in [2.45, 2.75) is 26.2 Å². The van der Waals surface area contributed by atoms with Crippen LogP contribution < -0.4 is 4.74 Å². The summed E-state index contributed by atoms with van der Waals surface area (Å²) in [4.78, 5) is 16.1. The van der Waals surface area contributed by atoms with Crippen LogP contribution in [-0.4, -0.2) is 23.2 Å². The zero-order chi connectivity index (χ0) is 14.7. The second-order valence-electron chi connectivity index (χ2n) is 4.81. The topological polar surface area (TPSA) is 59.4 Å². The average molecular weight is 291 g/mol. The van der Waals surface area contributed by atoms with E-state index in [1.165, 1.54) is 11.3 Å². The van der Waals surface area contributed by atoms with Gasteiger partial charge in [-0.05, 0) is 23.6 Å². The third kappa shape index (κ3) is 3.17. The van der Waals surface area contributed by atoms with Gasteiger partial charge in [0.05, 0.1) is 17.8 Å². The highest BCUT2D eigenvalue weighted by Crippen LogP contribution is 2.27. The van der Waals surface area contributed by atoms with E-state index in [4.69, 9.17) is 4.74 Å². The highest BCUT2D eigenvalue weighted by atomic mass is 32.1. The van der Waals surface area contributed by atoms with Crippen LogP contribution in [0.3, 0.4) is 0 Å². The molecule has 0 atom stereocenters. The minimum atomic E-state index is -0.896. The molecular weight excluding hydrogens is 274 g/mol. The van der Waals surface area contributed by atoms with Crippen LogP contribution in [0.1, 0.15) is 45.7 Å². The second-order valence-corrected chi connectivity index (χ2v) is 5.89. The number of hydrogen-bond acceptors (Lipinski definition) is 4. The Morgan fingerprint density at radius 3 is 2.45 bits per heavy atom.